The highest BCUT2D eigenvalue weighted by Crippen LogP contribution is 2.35. The molecule has 168 valence electrons. The third-order valence-electron chi connectivity index (χ3n) is 5.08. The summed E-state index contributed by atoms with van der Waals surface area (Å²) in [6.07, 6.45) is 0. The first-order valence-corrected chi connectivity index (χ1v) is 11.9. The topological polar surface area (TPSA) is 113 Å². The van der Waals surface area contributed by atoms with E-state index < -0.39 is 5.91 Å². The molecule has 2 N–H and O–H groups in total. The molecule has 3 aromatic carbocycles. The van der Waals surface area contributed by atoms with Crippen LogP contribution in [0.5, 0.6) is 5.88 Å². The highest BCUT2D eigenvalue weighted by atomic mass is 79.9. The molecule has 5 aromatic rings. The fourth-order valence-corrected chi connectivity index (χ4v) is 4.56. The van der Waals surface area contributed by atoms with E-state index in [0.717, 1.165) is 16.2 Å². The van der Waals surface area contributed by atoms with Crippen LogP contribution in [-0.2, 0) is 4.79 Å². The molecule has 0 aliphatic rings. The number of para-hydroxylation sites is 2. The van der Waals surface area contributed by atoms with Gasteiger partial charge in [-0.25, -0.2) is 4.98 Å². The molecule has 1 amide bonds. The summed E-state index contributed by atoms with van der Waals surface area (Å²) in [4.78, 5) is 33.2. The maximum absolute atomic E-state index is 13.3. The van der Waals surface area contributed by atoms with Crippen LogP contribution in [0.1, 0.15) is 0 Å². The summed E-state index contributed by atoms with van der Waals surface area (Å²) >= 11 is 4.50. The van der Waals surface area contributed by atoms with Crippen LogP contribution < -0.4 is 5.56 Å². The molecule has 5 rings (SSSR count). The van der Waals surface area contributed by atoms with Gasteiger partial charge in [0.05, 0.1) is 27.9 Å². The molecule has 2 heterocycles. The predicted octanol–water partition coefficient (Wildman–Crippen LogP) is 5.74. The summed E-state index contributed by atoms with van der Waals surface area (Å²) in [5, 5.41) is 19.3. The predicted molar refractivity (Wildman–Crippen MR) is 135 cm³/mol. The van der Waals surface area contributed by atoms with Gasteiger partial charge in [-0.05, 0) is 42.5 Å². The van der Waals surface area contributed by atoms with Gasteiger partial charge in [-0.1, -0.05) is 58.0 Å². The number of halogens is 1. The van der Waals surface area contributed by atoms with Crippen molar-refractivity contribution in [3.05, 3.63) is 87.6 Å². The molecule has 8 nitrogen and oxygen atoms in total. The third kappa shape index (κ3) is 4.25. The number of nitrogens with zero attached hydrogens (tertiary/aromatic N) is 4. The van der Waals surface area contributed by atoms with E-state index in [0.29, 0.717) is 32.6 Å². The van der Waals surface area contributed by atoms with Crippen LogP contribution in [-0.4, -0.2) is 31.3 Å². The Kier molecular flexibility index (Phi) is 5.99. The van der Waals surface area contributed by atoms with E-state index in [1.54, 1.807) is 54.6 Å². The first-order valence-electron chi connectivity index (χ1n) is 10.2. The number of nitrogens with one attached hydrogen (secondary N) is 1. The fraction of sp³-hybridized carbons (Fsp3) is 0.0417. The number of carbonyl (C=O) groups is 1. The number of hydrogen-bond donors (Lipinski definition) is 2. The Hall–Kier alpha value is -3.76. The molecule has 0 radical (unpaired) electrons. The number of azo groups is 1. The van der Waals surface area contributed by atoms with Crippen LogP contribution in [0.25, 0.3) is 27.5 Å². The van der Waals surface area contributed by atoms with Crippen molar-refractivity contribution in [2.45, 2.75) is 5.16 Å². The summed E-state index contributed by atoms with van der Waals surface area (Å²) in [6, 6.07) is 21.5. The molecule has 34 heavy (non-hydrogen) atoms. The number of hydrogen-bond acceptors (Lipinski definition) is 6. The number of carbonyl (C=O) groups excluding carboxylic acids is 1. The van der Waals surface area contributed by atoms with Crippen molar-refractivity contribution in [3.63, 3.8) is 0 Å². The van der Waals surface area contributed by atoms with Crippen LogP contribution in [0, 0.1) is 0 Å². The number of aromatic hydroxyl groups is 1. The molecular formula is C24H16BrN5O3S. The van der Waals surface area contributed by atoms with Gasteiger partial charge in [0.25, 0.3) is 11.5 Å². The summed E-state index contributed by atoms with van der Waals surface area (Å²) in [7, 11) is 0. The van der Waals surface area contributed by atoms with Crippen molar-refractivity contribution in [1.82, 2.24) is 14.5 Å². The van der Waals surface area contributed by atoms with Crippen LogP contribution >= 0.6 is 27.7 Å². The van der Waals surface area contributed by atoms with Gasteiger partial charge in [0, 0.05) is 9.86 Å². The van der Waals surface area contributed by atoms with E-state index in [1.807, 2.05) is 18.2 Å². The molecule has 0 spiro atoms. The molecule has 0 atom stereocenters. The Bertz CT molecular complexity index is 1630. The SMILES string of the molecule is O=C(CSc1nc2ccccc2c(=O)n1-c1ccc(Br)cc1)N=Nc1c(O)[nH]c2ccccc12. The van der Waals surface area contributed by atoms with Crippen LogP contribution in [0.2, 0.25) is 0 Å². The standard InChI is InChI=1S/C24H16BrN5O3S/c25-14-9-11-15(12-10-14)30-23(33)17-6-2-4-8-19(17)27-24(30)34-13-20(31)28-29-21-16-5-1-3-7-18(16)26-22(21)32/h1-12,26,32H,13H2. The molecule has 0 aliphatic heterocycles. The molecule has 0 aliphatic carbocycles. The fourth-order valence-electron chi connectivity index (χ4n) is 3.50. The molecule has 0 bridgehead atoms. The molecule has 0 saturated heterocycles. The summed E-state index contributed by atoms with van der Waals surface area (Å²) in [6.45, 7) is 0. The number of aromatic nitrogens is 3. The number of benzene rings is 3. The van der Waals surface area contributed by atoms with E-state index in [1.165, 1.54) is 4.57 Å². The normalized spacial score (nSPS) is 11.6. The smallest absolute Gasteiger partial charge is 0.275 e. The van der Waals surface area contributed by atoms with Gasteiger partial charge >= 0.3 is 0 Å². The largest absolute Gasteiger partial charge is 0.493 e. The van der Waals surface area contributed by atoms with Crippen molar-refractivity contribution in [2.24, 2.45) is 10.2 Å². The van der Waals surface area contributed by atoms with E-state index >= 15 is 0 Å². The Labute approximate surface area is 205 Å². The van der Waals surface area contributed by atoms with Crippen LogP contribution in [0.15, 0.2) is 97.4 Å². The first kappa shape index (κ1) is 22.1. The van der Waals surface area contributed by atoms with E-state index in [4.69, 9.17) is 0 Å². The third-order valence-corrected chi connectivity index (χ3v) is 6.53. The number of thioether (sulfide) groups is 1. The second-order valence-electron chi connectivity index (χ2n) is 7.28. The molecule has 0 unspecified atom stereocenters. The lowest BCUT2D eigenvalue weighted by Crippen LogP contribution is -2.22. The van der Waals surface area contributed by atoms with Gasteiger partial charge in [0.15, 0.2) is 10.8 Å². The van der Waals surface area contributed by atoms with Gasteiger partial charge in [-0.15, -0.1) is 10.2 Å². The van der Waals surface area contributed by atoms with Crippen molar-refractivity contribution < 1.29 is 9.90 Å². The molecule has 10 heteroatoms. The highest BCUT2D eigenvalue weighted by Gasteiger charge is 2.15. The second-order valence-corrected chi connectivity index (χ2v) is 9.14. The van der Waals surface area contributed by atoms with Crippen molar-refractivity contribution in [1.29, 1.82) is 0 Å². The molecule has 0 saturated carbocycles. The van der Waals surface area contributed by atoms with E-state index in [2.05, 4.69) is 36.1 Å². The van der Waals surface area contributed by atoms with Gasteiger partial charge in [-0.2, -0.15) is 0 Å². The molecule has 2 aromatic heterocycles. The van der Waals surface area contributed by atoms with Gasteiger partial charge < -0.3 is 10.1 Å². The van der Waals surface area contributed by atoms with Gasteiger partial charge in [0.2, 0.25) is 5.88 Å². The minimum atomic E-state index is -0.528. The van der Waals surface area contributed by atoms with Crippen molar-refractivity contribution >= 4 is 61.1 Å². The van der Waals surface area contributed by atoms with Crippen molar-refractivity contribution in [3.8, 4) is 11.6 Å². The van der Waals surface area contributed by atoms with Crippen molar-refractivity contribution in [2.75, 3.05) is 5.75 Å². The first-order chi connectivity index (χ1) is 16.5. The Morgan fingerprint density at radius 3 is 2.53 bits per heavy atom. The number of rotatable bonds is 5. The van der Waals surface area contributed by atoms with Gasteiger partial charge in [-0.3, -0.25) is 14.2 Å². The lowest BCUT2D eigenvalue weighted by molar-refractivity contribution is -0.115. The molecule has 0 fully saturated rings. The van der Waals surface area contributed by atoms with Gasteiger partial charge in [0.1, 0.15) is 0 Å². The summed E-state index contributed by atoms with van der Waals surface area (Å²) in [5.74, 6) is -0.779. The average Bonchev–Trinajstić information content (AvgIpc) is 3.17. The Morgan fingerprint density at radius 1 is 1.03 bits per heavy atom. The number of aromatic amines is 1. The minimum absolute atomic E-state index is 0.0894. The number of H-pyrrole nitrogens is 1. The van der Waals surface area contributed by atoms with E-state index in [9.17, 15) is 14.7 Å². The monoisotopic (exact) mass is 533 g/mol. The lowest BCUT2D eigenvalue weighted by atomic mass is 10.2. The van der Waals surface area contributed by atoms with E-state index in [-0.39, 0.29) is 22.9 Å². The zero-order valence-electron chi connectivity index (χ0n) is 17.5. The number of fused-ring (bicyclic) bond motifs is 2. The Balaban J connectivity index is 1.45. The Morgan fingerprint density at radius 2 is 1.74 bits per heavy atom. The van der Waals surface area contributed by atoms with Crippen LogP contribution in [0.3, 0.4) is 0 Å². The lowest BCUT2D eigenvalue weighted by Gasteiger charge is -2.12. The maximum Gasteiger partial charge on any atom is 0.275 e. The maximum atomic E-state index is 13.3. The summed E-state index contributed by atoms with van der Waals surface area (Å²) in [5.41, 5.74) is 1.83. The highest BCUT2D eigenvalue weighted by molar-refractivity contribution is 9.10. The zero-order chi connectivity index (χ0) is 23.7. The second kappa shape index (κ2) is 9.24. The average molecular weight is 534 g/mol. The summed E-state index contributed by atoms with van der Waals surface area (Å²) < 4.78 is 2.36. The zero-order valence-corrected chi connectivity index (χ0v) is 19.9. The molecular weight excluding hydrogens is 518 g/mol. The minimum Gasteiger partial charge on any atom is -0.493 e. The van der Waals surface area contributed by atoms with Crippen LogP contribution in [0.4, 0.5) is 5.69 Å². The quantitative estimate of drug-likeness (QED) is 0.170. The number of amides is 1.